The quantitative estimate of drug-likeness (QED) is 0.345. The van der Waals surface area contributed by atoms with Crippen molar-refractivity contribution < 1.29 is 9.21 Å². The number of thioether (sulfide) groups is 1. The van der Waals surface area contributed by atoms with Crippen molar-refractivity contribution in [3.05, 3.63) is 82.5 Å². The van der Waals surface area contributed by atoms with Crippen molar-refractivity contribution >= 4 is 39.8 Å². The maximum absolute atomic E-state index is 12.9. The monoisotopic (exact) mass is 474 g/mol. The summed E-state index contributed by atoms with van der Waals surface area (Å²) in [7, 11) is 0. The molecule has 0 radical (unpaired) electrons. The van der Waals surface area contributed by atoms with Gasteiger partial charge in [-0.3, -0.25) is 14.2 Å². The minimum absolute atomic E-state index is 0.141. The molecule has 0 fully saturated rings. The van der Waals surface area contributed by atoms with Gasteiger partial charge in [-0.1, -0.05) is 53.7 Å². The number of hydrogen-bond donors (Lipinski definition) is 1. The lowest BCUT2D eigenvalue weighted by Gasteiger charge is -2.08. The normalized spacial score (nSPS) is 11.3. The summed E-state index contributed by atoms with van der Waals surface area (Å²) in [6.07, 6.45) is 3.07. The van der Waals surface area contributed by atoms with Crippen LogP contribution >= 0.6 is 11.8 Å². The number of aromatic nitrogens is 5. The molecule has 1 N–H and O–H groups in total. The SMILES string of the molecule is Cc1cccc(Cn2cnc3c(cnn3CCNC(=O)CSc3nc4ccccc4o3)c2=O)c1. The molecule has 0 spiro atoms. The molecule has 0 unspecified atom stereocenters. The second kappa shape index (κ2) is 9.52. The fourth-order valence-electron chi connectivity index (χ4n) is 3.67. The predicted octanol–water partition coefficient (Wildman–Crippen LogP) is 3.00. The minimum atomic E-state index is -0.142. The van der Waals surface area contributed by atoms with Crippen LogP contribution in [-0.4, -0.2) is 42.5 Å². The van der Waals surface area contributed by atoms with Crippen molar-refractivity contribution in [3.63, 3.8) is 0 Å². The van der Waals surface area contributed by atoms with Gasteiger partial charge in [-0.25, -0.2) is 14.6 Å². The Labute approximate surface area is 198 Å². The Balaban J connectivity index is 1.17. The van der Waals surface area contributed by atoms with Gasteiger partial charge in [-0.05, 0) is 24.6 Å². The van der Waals surface area contributed by atoms with Crippen molar-refractivity contribution in [1.29, 1.82) is 0 Å². The average molecular weight is 475 g/mol. The van der Waals surface area contributed by atoms with Crippen LogP contribution in [0.2, 0.25) is 0 Å². The van der Waals surface area contributed by atoms with Gasteiger partial charge < -0.3 is 9.73 Å². The molecule has 1 amide bonds. The van der Waals surface area contributed by atoms with Gasteiger partial charge in [0.05, 0.1) is 25.0 Å². The molecule has 2 aromatic carbocycles. The van der Waals surface area contributed by atoms with E-state index in [4.69, 9.17) is 4.42 Å². The number of aryl methyl sites for hydroxylation is 1. The minimum Gasteiger partial charge on any atom is -0.431 e. The van der Waals surface area contributed by atoms with Gasteiger partial charge in [0.25, 0.3) is 10.8 Å². The van der Waals surface area contributed by atoms with Gasteiger partial charge in [0, 0.05) is 6.54 Å². The largest absolute Gasteiger partial charge is 0.431 e. The number of benzene rings is 2. The Kier molecular flexibility index (Phi) is 6.13. The van der Waals surface area contributed by atoms with Crippen molar-refractivity contribution in [1.82, 2.24) is 29.6 Å². The number of carbonyl (C=O) groups excluding carboxylic acids is 1. The number of carbonyl (C=O) groups is 1. The average Bonchev–Trinajstić information content (AvgIpc) is 3.44. The van der Waals surface area contributed by atoms with Crippen molar-refractivity contribution in [2.75, 3.05) is 12.3 Å². The second-order valence-corrected chi connectivity index (χ2v) is 8.78. The summed E-state index contributed by atoms with van der Waals surface area (Å²) >= 11 is 1.24. The van der Waals surface area contributed by atoms with Gasteiger partial charge in [0.2, 0.25) is 5.91 Å². The molecule has 0 saturated heterocycles. The molecular formula is C24H22N6O3S. The zero-order chi connectivity index (χ0) is 23.5. The van der Waals surface area contributed by atoms with E-state index in [1.807, 2.05) is 55.5 Å². The van der Waals surface area contributed by atoms with Gasteiger partial charge in [0.15, 0.2) is 11.2 Å². The van der Waals surface area contributed by atoms with Crippen molar-refractivity contribution in [2.45, 2.75) is 25.2 Å². The maximum atomic E-state index is 12.9. The van der Waals surface area contributed by atoms with Gasteiger partial charge in [-0.2, -0.15) is 5.10 Å². The summed E-state index contributed by atoms with van der Waals surface area (Å²) in [6.45, 7) is 3.22. The summed E-state index contributed by atoms with van der Waals surface area (Å²) in [4.78, 5) is 33.9. The summed E-state index contributed by atoms with van der Waals surface area (Å²) in [5.74, 6) is 0.0476. The number of fused-ring (bicyclic) bond motifs is 2. The van der Waals surface area contributed by atoms with Crippen LogP contribution in [-0.2, 0) is 17.9 Å². The molecule has 3 heterocycles. The molecule has 5 aromatic rings. The number of rotatable bonds is 8. The highest BCUT2D eigenvalue weighted by Crippen LogP contribution is 2.22. The molecule has 172 valence electrons. The van der Waals surface area contributed by atoms with Crippen LogP contribution in [0.4, 0.5) is 0 Å². The fourth-order valence-corrected chi connectivity index (χ4v) is 4.34. The Bertz CT molecular complexity index is 1500. The Morgan fingerprint density at radius 1 is 1.18 bits per heavy atom. The van der Waals surface area contributed by atoms with E-state index in [2.05, 4.69) is 20.4 Å². The highest BCUT2D eigenvalue weighted by Gasteiger charge is 2.12. The number of oxazole rings is 1. The number of nitrogens with one attached hydrogen (secondary N) is 1. The fraction of sp³-hybridized carbons (Fsp3) is 0.208. The molecule has 0 aliphatic heterocycles. The van der Waals surface area contributed by atoms with Crippen molar-refractivity contribution in [2.24, 2.45) is 0 Å². The lowest BCUT2D eigenvalue weighted by atomic mass is 10.1. The third-order valence-electron chi connectivity index (χ3n) is 5.30. The number of hydrogen-bond acceptors (Lipinski definition) is 7. The molecule has 10 heteroatoms. The Hall–Kier alpha value is -3.92. The van der Waals surface area contributed by atoms with E-state index >= 15 is 0 Å². The third-order valence-corrected chi connectivity index (χ3v) is 6.13. The van der Waals surface area contributed by atoms with Crippen LogP contribution in [0.3, 0.4) is 0 Å². The van der Waals surface area contributed by atoms with E-state index in [0.717, 1.165) is 16.6 Å². The summed E-state index contributed by atoms with van der Waals surface area (Å²) < 4.78 is 8.82. The van der Waals surface area contributed by atoms with Gasteiger partial charge in [-0.15, -0.1) is 0 Å². The summed E-state index contributed by atoms with van der Waals surface area (Å²) in [5, 5.41) is 8.06. The van der Waals surface area contributed by atoms with Crippen LogP contribution in [0.5, 0.6) is 0 Å². The molecule has 0 atom stereocenters. The molecule has 3 aromatic heterocycles. The smallest absolute Gasteiger partial charge is 0.264 e. The van der Waals surface area contributed by atoms with Crippen molar-refractivity contribution in [3.8, 4) is 0 Å². The summed E-state index contributed by atoms with van der Waals surface area (Å²) in [5.41, 5.74) is 4.00. The van der Waals surface area contributed by atoms with Crippen LogP contribution in [0.25, 0.3) is 22.1 Å². The van der Waals surface area contributed by atoms with Gasteiger partial charge in [0.1, 0.15) is 17.2 Å². The van der Waals surface area contributed by atoms with Gasteiger partial charge >= 0.3 is 0 Å². The lowest BCUT2D eigenvalue weighted by Crippen LogP contribution is -2.29. The first-order valence-corrected chi connectivity index (χ1v) is 11.8. The number of amides is 1. The molecule has 0 saturated carbocycles. The molecule has 0 bridgehead atoms. The van der Waals surface area contributed by atoms with Crippen LogP contribution in [0.1, 0.15) is 11.1 Å². The number of para-hydroxylation sites is 2. The highest BCUT2D eigenvalue weighted by atomic mass is 32.2. The van der Waals surface area contributed by atoms with E-state index in [-0.39, 0.29) is 17.2 Å². The molecule has 34 heavy (non-hydrogen) atoms. The Morgan fingerprint density at radius 3 is 2.91 bits per heavy atom. The maximum Gasteiger partial charge on any atom is 0.264 e. The van der Waals surface area contributed by atoms with E-state index in [9.17, 15) is 9.59 Å². The van der Waals surface area contributed by atoms with E-state index in [1.54, 1.807) is 15.6 Å². The van der Waals surface area contributed by atoms with E-state index in [0.29, 0.717) is 41.5 Å². The summed E-state index contributed by atoms with van der Waals surface area (Å²) in [6, 6.07) is 15.5. The molecule has 9 nitrogen and oxygen atoms in total. The van der Waals surface area contributed by atoms with Crippen LogP contribution in [0, 0.1) is 6.92 Å². The lowest BCUT2D eigenvalue weighted by molar-refractivity contribution is -0.118. The first-order chi connectivity index (χ1) is 16.6. The first-order valence-electron chi connectivity index (χ1n) is 10.8. The predicted molar refractivity (Wildman–Crippen MR) is 130 cm³/mol. The molecule has 0 aliphatic carbocycles. The standard InChI is InChI=1S/C24H22N6O3S/c1-16-5-4-6-17(11-16)13-29-15-26-22-18(23(29)32)12-27-30(22)10-9-25-21(31)14-34-24-28-19-7-2-3-8-20(19)33-24/h2-8,11-12,15H,9-10,13-14H2,1H3,(H,25,31). The zero-order valence-electron chi connectivity index (χ0n) is 18.5. The van der Waals surface area contributed by atoms with Crippen LogP contribution < -0.4 is 10.9 Å². The Morgan fingerprint density at radius 2 is 2.06 bits per heavy atom. The number of nitrogens with zero attached hydrogens (tertiary/aromatic N) is 5. The van der Waals surface area contributed by atoms with E-state index in [1.165, 1.54) is 18.0 Å². The molecule has 5 rings (SSSR count). The first kappa shape index (κ1) is 21.9. The highest BCUT2D eigenvalue weighted by molar-refractivity contribution is 7.99. The third kappa shape index (κ3) is 4.72. The molecular weight excluding hydrogens is 452 g/mol. The second-order valence-electron chi connectivity index (χ2n) is 7.86. The topological polar surface area (TPSA) is 108 Å². The van der Waals surface area contributed by atoms with E-state index < -0.39 is 0 Å². The van der Waals surface area contributed by atoms with Crippen LogP contribution in [0.15, 0.2) is 75.5 Å². The zero-order valence-corrected chi connectivity index (χ0v) is 19.3. The molecule has 0 aliphatic rings.